The van der Waals surface area contributed by atoms with Crippen LogP contribution in [0.4, 0.5) is 10.9 Å². The van der Waals surface area contributed by atoms with Crippen LogP contribution < -0.4 is 15.5 Å². The quantitative estimate of drug-likeness (QED) is 0.801. The Morgan fingerprint density at radius 2 is 2.27 bits per heavy atom. The van der Waals surface area contributed by atoms with Crippen LogP contribution >= 0.6 is 11.3 Å². The highest BCUT2D eigenvalue weighted by Crippen LogP contribution is 2.22. The Morgan fingerprint density at radius 3 is 2.96 bits per heavy atom. The molecule has 2 amide bonds. The Morgan fingerprint density at radius 1 is 1.38 bits per heavy atom. The zero-order chi connectivity index (χ0) is 18.4. The van der Waals surface area contributed by atoms with E-state index in [-0.39, 0.29) is 17.7 Å². The highest BCUT2D eigenvalue weighted by atomic mass is 32.1. The number of hydrogen-bond acceptors (Lipinski definition) is 7. The third kappa shape index (κ3) is 4.54. The molecule has 1 saturated heterocycles. The molecule has 1 aliphatic rings. The second-order valence-electron chi connectivity index (χ2n) is 6.18. The van der Waals surface area contributed by atoms with Crippen LogP contribution in [0.1, 0.15) is 36.5 Å². The molecule has 2 aromatic heterocycles. The van der Waals surface area contributed by atoms with E-state index in [4.69, 9.17) is 0 Å². The van der Waals surface area contributed by atoms with Crippen LogP contribution in [0.15, 0.2) is 23.8 Å². The van der Waals surface area contributed by atoms with Gasteiger partial charge in [0.2, 0.25) is 11.0 Å². The molecule has 0 aliphatic carbocycles. The maximum Gasteiger partial charge on any atom is 0.259 e. The predicted molar refractivity (Wildman–Crippen MR) is 100 cm³/mol. The summed E-state index contributed by atoms with van der Waals surface area (Å²) in [5.74, 6) is 0.615. The molecule has 0 aromatic carbocycles. The molecular weight excluding hydrogens is 352 g/mol. The second-order valence-corrected chi connectivity index (χ2v) is 7.01. The van der Waals surface area contributed by atoms with Gasteiger partial charge in [-0.3, -0.25) is 14.9 Å². The van der Waals surface area contributed by atoms with Gasteiger partial charge < -0.3 is 10.2 Å². The highest BCUT2D eigenvalue weighted by molar-refractivity contribution is 7.13. The van der Waals surface area contributed by atoms with E-state index in [1.807, 2.05) is 13.0 Å². The number of hydrogen-bond donors (Lipinski definition) is 2. The minimum Gasteiger partial charge on any atom is -0.356 e. The number of rotatable bonds is 6. The standard InChI is InChI=1S/C17H22N6O2S/c1-2-7-18-15(24)13-4-3-8-23(10-13)14-6-5-12(9-19-14)16(25)21-17-22-20-11-26-17/h5-6,9,11,13H,2-4,7-8,10H2,1H3,(H,18,24)(H,21,22,25). The molecule has 1 unspecified atom stereocenters. The lowest BCUT2D eigenvalue weighted by atomic mass is 9.97. The van der Waals surface area contributed by atoms with E-state index in [1.165, 1.54) is 11.3 Å². The fourth-order valence-corrected chi connectivity index (χ4v) is 3.34. The van der Waals surface area contributed by atoms with Crippen molar-refractivity contribution in [3.8, 4) is 0 Å². The monoisotopic (exact) mass is 374 g/mol. The zero-order valence-electron chi connectivity index (χ0n) is 14.6. The van der Waals surface area contributed by atoms with Gasteiger partial charge in [-0.05, 0) is 31.4 Å². The summed E-state index contributed by atoms with van der Waals surface area (Å²) in [5, 5.41) is 13.6. The first-order valence-electron chi connectivity index (χ1n) is 8.73. The highest BCUT2D eigenvalue weighted by Gasteiger charge is 2.26. The Bertz CT molecular complexity index is 734. The molecular formula is C17H22N6O2S. The molecule has 3 rings (SSSR count). The fourth-order valence-electron chi connectivity index (χ4n) is 2.90. The molecule has 1 atom stereocenters. The lowest BCUT2D eigenvalue weighted by molar-refractivity contribution is -0.125. The molecule has 0 saturated carbocycles. The Labute approximate surface area is 156 Å². The summed E-state index contributed by atoms with van der Waals surface area (Å²) in [6.45, 7) is 4.27. The molecule has 8 nitrogen and oxygen atoms in total. The third-order valence-electron chi connectivity index (χ3n) is 4.26. The maximum atomic E-state index is 12.2. The van der Waals surface area contributed by atoms with Gasteiger partial charge in [-0.1, -0.05) is 18.3 Å². The van der Waals surface area contributed by atoms with Crippen molar-refractivity contribution in [3.05, 3.63) is 29.4 Å². The predicted octanol–water partition coefficient (Wildman–Crippen LogP) is 1.93. The summed E-state index contributed by atoms with van der Waals surface area (Å²) >= 11 is 1.26. The SMILES string of the molecule is CCCNC(=O)C1CCCN(c2ccc(C(=O)Nc3nncs3)cn2)C1. The Balaban J connectivity index is 1.60. The zero-order valence-corrected chi connectivity index (χ0v) is 15.5. The summed E-state index contributed by atoms with van der Waals surface area (Å²) in [4.78, 5) is 30.9. The summed E-state index contributed by atoms with van der Waals surface area (Å²) in [5.41, 5.74) is 2.01. The van der Waals surface area contributed by atoms with Crippen molar-refractivity contribution in [1.82, 2.24) is 20.5 Å². The number of carbonyl (C=O) groups excluding carboxylic acids is 2. The van der Waals surface area contributed by atoms with Crippen LogP contribution in [0.25, 0.3) is 0 Å². The van der Waals surface area contributed by atoms with Crippen LogP contribution in [-0.2, 0) is 4.79 Å². The average Bonchev–Trinajstić information content (AvgIpc) is 3.19. The molecule has 2 N–H and O–H groups in total. The van der Waals surface area contributed by atoms with Gasteiger partial charge >= 0.3 is 0 Å². The molecule has 138 valence electrons. The topological polar surface area (TPSA) is 100 Å². The van der Waals surface area contributed by atoms with E-state index in [1.54, 1.807) is 17.8 Å². The van der Waals surface area contributed by atoms with Gasteiger partial charge in [0, 0.05) is 25.8 Å². The van der Waals surface area contributed by atoms with Crippen LogP contribution in [-0.4, -0.2) is 46.6 Å². The summed E-state index contributed by atoms with van der Waals surface area (Å²) < 4.78 is 0. The Hall–Kier alpha value is -2.55. The van der Waals surface area contributed by atoms with Crippen molar-refractivity contribution in [3.63, 3.8) is 0 Å². The average molecular weight is 374 g/mol. The van der Waals surface area contributed by atoms with Gasteiger partial charge in [-0.2, -0.15) is 0 Å². The van der Waals surface area contributed by atoms with Crippen LogP contribution in [0.2, 0.25) is 0 Å². The van der Waals surface area contributed by atoms with E-state index in [9.17, 15) is 9.59 Å². The van der Waals surface area contributed by atoms with Crippen molar-refractivity contribution in [2.24, 2.45) is 5.92 Å². The number of amides is 2. The number of carbonyl (C=O) groups is 2. The lowest BCUT2D eigenvalue weighted by Crippen LogP contribution is -2.43. The van der Waals surface area contributed by atoms with Gasteiger partial charge in [0.1, 0.15) is 11.3 Å². The lowest BCUT2D eigenvalue weighted by Gasteiger charge is -2.32. The number of nitrogens with one attached hydrogen (secondary N) is 2. The molecule has 1 fully saturated rings. The molecule has 1 aliphatic heterocycles. The van der Waals surface area contributed by atoms with Crippen molar-refractivity contribution in [2.45, 2.75) is 26.2 Å². The molecule has 9 heteroatoms. The van der Waals surface area contributed by atoms with Gasteiger partial charge in [-0.25, -0.2) is 4.98 Å². The first kappa shape index (κ1) is 18.2. The smallest absolute Gasteiger partial charge is 0.259 e. The fraction of sp³-hybridized carbons (Fsp3) is 0.471. The minimum atomic E-state index is -0.267. The van der Waals surface area contributed by atoms with E-state index in [2.05, 4.69) is 30.7 Å². The summed E-state index contributed by atoms with van der Waals surface area (Å²) in [6, 6.07) is 3.56. The van der Waals surface area contributed by atoms with Crippen LogP contribution in [0.5, 0.6) is 0 Å². The van der Waals surface area contributed by atoms with Gasteiger partial charge in [0.25, 0.3) is 5.91 Å². The van der Waals surface area contributed by atoms with Gasteiger partial charge in [-0.15, -0.1) is 10.2 Å². The number of aromatic nitrogens is 3. The molecule has 3 heterocycles. The number of pyridine rings is 1. The molecule has 0 radical (unpaired) electrons. The molecule has 26 heavy (non-hydrogen) atoms. The largest absolute Gasteiger partial charge is 0.356 e. The van der Waals surface area contributed by atoms with Crippen LogP contribution in [0, 0.1) is 5.92 Å². The van der Waals surface area contributed by atoms with E-state index < -0.39 is 0 Å². The van der Waals surface area contributed by atoms with E-state index in [0.29, 0.717) is 23.8 Å². The normalized spacial score (nSPS) is 17.0. The van der Waals surface area contributed by atoms with Crippen molar-refractivity contribution >= 4 is 34.1 Å². The minimum absolute atomic E-state index is 0.0162. The van der Waals surface area contributed by atoms with Crippen molar-refractivity contribution in [1.29, 1.82) is 0 Å². The van der Waals surface area contributed by atoms with Crippen LogP contribution in [0.3, 0.4) is 0 Å². The van der Waals surface area contributed by atoms with E-state index in [0.717, 1.165) is 31.6 Å². The summed E-state index contributed by atoms with van der Waals surface area (Å²) in [6.07, 6.45) is 4.33. The number of nitrogens with zero attached hydrogens (tertiary/aromatic N) is 4. The first-order chi connectivity index (χ1) is 12.7. The second kappa shape index (κ2) is 8.70. The maximum absolute atomic E-state index is 12.2. The van der Waals surface area contributed by atoms with Crippen molar-refractivity contribution in [2.75, 3.05) is 29.9 Å². The summed E-state index contributed by atoms with van der Waals surface area (Å²) in [7, 11) is 0. The van der Waals surface area contributed by atoms with Gasteiger partial charge in [0.15, 0.2) is 0 Å². The molecule has 0 spiro atoms. The number of anilines is 2. The van der Waals surface area contributed by atoms with Crippen molar-refractivity contribution < 1.29 is 9.59 Å². The molecule has 2 aromatic rings. The van der Waals surface area contributed by atoms with Gasteiger partial charge in [0.05, 0.1) is 11.5 Å². The molecule has 0 bridgehead atoms. The third-order valence-corrected chi connectivity index (χ3v) is 4.86. The van der Waals surface area contributed by atoms with E-state index >= 15 is 0 Å². The Kier molecular flexibility index (Phi) is 6.11. The first-order valence-corrected chi connectivity index (χ1v) is 9.61. The number of piperidine rings is 1.